The Morgan fingerprint density at radius 3 is 2.64 bits per heavy atom. The summed E-state index contributed by atoms with van der Waals surface area (Å²) in [6.45, 7) is 3.98. The number of nitrogens with zero attached hydrogens (tertiary/aromatic N) is 1. The third-order valence-electron chi connectivity index (χ3n) is 4.08. The SMILES string of the molecule is CCOC(=O)c1c(-c2ccccc2Cl)c2cc(CC)sc2n(C)c1=O. The van der Waals surface area contributed by atoms with Crippen LogP contribution in [-0.4, -0.2) is 17.1 Å². The van der Waals surface area contributed by atoms with E-state index in [4.69, 9.17) is 16.3 Å². The van der Waals surface area contributed by atoms with E-state index in [1.807, 2.05) is 24.3 Å². The van der Waals surface area contributed by atoms with E-state index in [1.54, 1.807) is 31.4 Å². The first-order valence-electron chi connectivity index (χ1n) is 8.07. The lowest BCUT2D eigenvalue weighted by Gasteiger charge is -2.13. The van der Waals surface area contributed by atoms with Crippen LogP contribution in [0.15, 0.2) is 35.1 Å². The second kappa shape index (κ2) is 7.02. The van der Waals surface area contributed by atoms with Crippen LogP contribution in [0.4, 0.5) is 0 Å². The predicted molar refractivity (Wildman–Crippen MR) is 103 cm³/mol. The molecule has 2 heterocycles. The van der Waals surface area contributed by atoms with Gasteiger partial charge in [-0.1, -0.05) is 36.7 Å². The molecule has 0 aliphatic heterocycles. The first-order valence-corrected chi connectivity index (χ1v) is 9.26. The van der Waals surface area contributed by atoms with Gasteiger partial charge in [-0.3, -0.25) is 4.79 Å². The highest BCUT2D eigenvalue weighted by Gasteiger charge is 2.25. The number of carbonyl (C=O) groups excluding carboxylic acids is 1. The van der Waals surface area contributed by atoms with Gasteiger partial charge in [-0.15, -0.1) is 11.3 Å². The Morgan fingerprint density at radius 1 is 1.28 bits per heavy atom. The van der Waals surface area contributed by atoms with Crippen molar-refractivity contribution in [3.8, 4) is 11.1 Å². The van der Waals surface area contributed by atoms with E-state index >= 15 is 0 Å². The quantitative estimate of drug-likeness (QED) is 0.623. The zero-order valence-electron chi connectivity index (χ0n) is 14.3. The lowest BCUT2D eigenvalue weighted by molar-refractivity contribution is 0.0525. The molecule has 0 bridgehead atoms. The third kappa shape index (κ3) is 2.98. The summed E-state index contributed by atoms with van der Waals surface area (Å²) in [4.78, 5) is 27.5. The Bertz CT molecular complexity index is 1020. The fraction of sp³-hybridized carbons (Fsp3) is 0.263. The zero-order valence-corrected chi connectivity index (χ0v) is 15.8. The van der Waals surface area contributed by atoms with Gasteiger partial charge >= 0.3 is 5.97 Å². The monoisotopic (exact) mass is 375 g/mol. The number of pyridine rings is 1. The predicted octanol–water partition coefficient (Wildman–Crippen LogP) is 4.66. The molecular weight excluding hydrogens is 358 g/mol. The number of esters is 1. The summed E-state index contributed by atoms with van der Waals surface area (Å²) >= 11 is 7.94. The number of carbonyl (C=O) groups is 1. The molecule has 1 aromatic carbocycles. The smallest absolute Gasteiger partial charge is 0.344 e. The molecule has 25 heavy (non-hydrogen) atoms. The van der Waals surface area contributed by atoms with Crippen molar-refractivity contribution in [2.75, 3.05) is 6.61 Å². The van der Waals surface area contributed by atoms with Crippen LogP contribution in [0.3, 0.4) is 0 Å². The van der Waals surface area contributed by atoms with Crippen molar-refractivity contribution in [3.63, 3.8) is 0 Å². The van der Waals surface area contributed by atoms with Gasteiger partial charge in [0, 0.05) is 33.5 Å². The van der Waals surface area contributed by atoms with E-state index in [0.717, 1.165) is 21.5 Å². The summed E-state index contributed by atoms with van der Waals surface area (Å²) in [6.07, 6.45) is 0.851. The van der Waals surface area contributed by atoms with Gasteiger partial charge in [0.25, 0.3) is 5.56 Å². The van der Waals surface area contributed by atoms with Crippen LogP contribution in [-0.2, 0) is 18.2 Å². The van der Waals surface area contributed by atoms with Crippen molar-refractivity contribution in [2.45, 2.75) is 20.3 Å². The number of fused-ring (bicyclic) bond motifs is 1. The van der Waals surface area contributed by atoms with E-state index in [0.29, 0.717) is 16.1 Å². The van der Waals surface area contributed by atoms with Gasteiger partial charge in [-0.2, -0.15) is 0 Å². The lowest BCUT2D eigenvalue weighted by atomic mass is 9.97. The van der Waals surface area contributed by atoms with Gasteiger partial charge in [0.2, 0.25) is 0 Å². The molecule has 3 rings (SSSR count). The van der Waals surface area contributed by atoms with Crippen molar-refractivity contribution in [1.29, 1.82) is 0 Å². The molecule has 0 fully saturated rings. The zero-order chi connectivity index (χ0) is 18.1. The topological polar surface area (TPSA) is 48.3 Å². The molecular formula is C19H18ClNO3S. The van der Waals surface area contributed by atoms with Crippen molar-refractivity contribution in [1.82, 2.24) is 4.57 Å². The third-order valence-corrected chi connectivity index (χ3v) is 5.76. The van der Waals surface area contributed by atoms with E-state index in [9.17, 15) is 9.59 Å². The average molecular weight is 376 g/mol. The highest BCUT2D eigenvalue weighted by molar-refractivity contribution is 7.18. The summed E-state index contributed by atoms with van der Waals surface area (Å²) in [5, 5.41) is 1.34. The van der Waals surface area contributed by atoms with Gasteiger partial charge in [0.15, 0.2) is 0 Å². The van der Waals surface area contributed by atoms with Crippen molar-refractivity contribution in [3.05, 3.63) is 56.1 Å². The molecule has 0 saturated heterocycles. The van der Waals surface area contributed by atoms with E-state index in [-0.39, 0.29) is 17.7 Å². The van der Waals surface area contributed by atoms with E-state index in [1.165, 1.54) is 4.57 Å². The minimum atomic E-state index is -0.621. The first-order chi connectivity index (χ1) is 12.0. The summed E-state index contributed by atoms with van der Waals surface area (Å²) in [5.74, 6) is -0.621. The second-order valence-electron chi connectivity index (χ2n) is 5.60. The van der Waals surface area contributed by atoms with Crippen LogP contribution in [0.2, 0.25) is 5.02 Å². The number of thiophene rings is 1. The van der Waals surface area contributed by atoms with Gasteiger partial charge in [0.1, 0.15) is 10.4 Å². The molecule has 0 N–H and O–H groups in total. The number of hydrogen-bond donors (Lipinski definition) is 0. The fourth-order valence-corrected chi connectivity index (χ4v) is 4.16. The molecule has 130 valence electrons. The van der Waals surface area contributed by atoms with Crippen LogP contribution >= 0.6 is 22.9 Å². The first kappa shape index (κ1) is 17.7. The van der Waals surface area contributed by atoms with Crippen LogP contribution in [0, 0.1) is 0 Å². The van der Waals surface area contributed by atoms with Gasteiger partial charge in [-0.25, -0.2) is 4.79 Å². The Morgan fingerprint density at radius 2 is 2.00 bits per heavy atom. The Balaban J connectivity index is 2.50. The van der Waals surface area contributed by atoms with Gasteiger partial charge in [-0.05, 0) is 25.5 Å². The van der Waals surface area contributed by atoms with Gasteiger partial charge < -0.3 is 9.30 Å². The number of aryl methyl sites for hydroxylation is 2. The molecule has 0 aliphatic carbocycles. The van der Waals surface area contributed by atoms with Crippen molar-refractivity contribution < 1.29 is 9.53 Å². The normalized spacial score (nSPS) is 11.0. The summed E-state index contributed by atoms with van der Waals surface area (Å²) in [7, 11) is 1.68. The average Bonchev–Trinajstić information content (AvgIpc) is 3.03. The number of hydrogen-bond acceptors (Lipinski definition) is 4. The van der Waals surface area contributed by atoms with E-state index < -0.39 is 5.97 Å². The van der Waals surface area contributed by atoms with Crippen LogP contribution in [0.25, 0.3) is 21.3 Å². The molecule has 0 atom stereocenters. The van der Waals surface area contributed by atoms with Crippen LogP contribution in [0.5, 0.6) is 0 Å². The summed E-state index contributed by atoms with van der Waals surface area (Å²) in [6, 6.07) is 9.26. The standard InChI is InChI=1S/C19H18ClNO3S/c1-4-11-10-13-15(12-8-6-7-9-14(12)20)16(19(23)24-5-2)17(22)21(3)18(13)25-11/h6-10H,4-5H2,1-3H3. The van der Waals surface area contributed by atoms with Crippen LogP contribution in [0.1, 0.15) is 29.1 Å². The summed E-state index contributed by atoms with van der Waals surface area (Å²) < 4.78 is 6.68. The Kier molecular flexibility index (Phi) is 4.97. The molecule has 0 unspecified atom stereocenters. The lowest BCUT2D eigenvalue weighted by Crippen LogP contribution is -2.26. The molecule has 6 heteroatoms. The van der Waals surface area contributed by atoms with E-state index in [2.05, 4.69) is 6.92 Å². The highest BCUT2D eigenvalue weighted by Crippen LogP contribution is 2.38. The molecule has 3 aromatic rings. The Labute approximate surface area is 154 Å². The fourth-order valence-electron chi connectivity index (χ4n) is 2.87. The minimum Gasteiger partial charge on any atom is -0.462 e. The number of rotatable bonds is 4. The van der Waals surface area contributed by atoms with Crippen molar-refractivity contribution in [2.24, 2.45) is 7.05 Å². The van der Waals surface area contributed by atoms with Crippen molar-refractivity contribution >= 4 is 39.1 Å². The second-order valence-corrected chi connectivity index (χ2v) is 7.12. The minimum absolute atomic E-state index is 0.0328. The molecule has 0 spiro atoms. The number of halogens is 1. The molecule has 0 radical (unpaired) electrons. The largest absolute Gasteiger partial charge is 0.462 e. The highest BCUT2D eigenvalue weighted by atomic mass is 35.5. The summed E-state index contributed by atoms with van der Waals surface area (Å²) in [5.41, 5.74) is 0.879. The van der Waals surface area contributed by atoms with Crippen LogP contribution < -0.4 is 5.56 Å². The number of ether oxygens (including phenoxy) is 1. The molecule has 0 aliphatic rings. The molecule has 2 aromatic heterocycles. The maximum atomic E-state index is 12.9. The Hall–Kier alpha value is -2.11. The van der Waals surface area contributed by atoms with Gasteiger partial charge in [0.05, 0.1) is 6.61 Å². The maximum absolute atomic E-state index is 12.9. The maximum Gasteiger partial charge on any atom is 0.344 e. The molecule has 4 nitrogen and oxygen atoms in total. The number of aromatic nitrogens is 1. The molecule has 0 amide bonds. The molecule has 0 saturated carbocycles. The number of benzene rings is 1.